The van der Waals surface area contributed by atoms with Crippen LogP contribution < -0.4 is 11.3 Å². The van der Waals surface area contributed by atoms with E-state index in [2.05, 4.69) is 21.4 Å². The minimum Gasteiger partial charge on any atom is -0.380 e. The molecule has 0 saturated heterocycles. The van der Waals surface area contributed by atoms with Crippen molar-refractivity contribution >= 4 is 15.9 Å². The van der Waals surface area contributed by atoms with Crippen LogP contribution in [0.3, 0.4) is 0 Å². The van der Waals surface area contributed by atoms with Gasteiger partial charge in [-0.25, -0.2) is 4.39 Å². The maximum atomic E-state index is 12.9. The zero-order valence-corrected chi connectivity index (χ0v) is 10.9. The van der Waals surface area contributed by atoms with E-state index in [1.165, 1.54) is 12.1 Å². The normalized spacial score (nSPS) is 14.8. The monoisotopic (exact) mass is 290 g/mol. The van der Waals surface area contributed by atoms with E-state index < -0.39 is 0 Å². The van der Waals surface area contributed by atoms with Crippen molar-refractivity contribution in [2.45, 2.75) is 25.5 Å². The fourth-order valence-corrected chi connectivity index (χ4v) is 1.96. The second kappa shape index (κ2) is 6.30. The summed E-state index contributed by atoms with van der Waals surface area (Å²) in [6.45, 7) is 1.93. The molecule has 0 heterocycles. The minimum atomic E-state index is -0.257. The smallest absolute Gasteiger partial charge is 0.124 e. The molecule has 0 aliphatic heterocycles. The number of ether oxygens (including phenoxy) is 1. The summed E-state index contributed by atoms with van der Waals surface area (Å²) in [4.78, 5) is 0. The average Bonchev–Trinajstić information content (AvgIpc) is 2.27. The number of nitrogens with one attached hydrogen (secondary N) is 1. The highest BCUT2D eigenvalue weighted by molar-refractivity contribution is 9.10. The fraction of sp³-hybridized carbons (Fsp3) is 0.455. The molecule has 16 heavy (non-hydrogen) atoms. The van der Waals surface area contributed by atoms with Crippen LogP contribution in [-0.2, 0) is 11.2 Å². The van der Waals surface area contributed by atoms with Crippen LogP contribution in [0, 0.1) is 5.82 Å². The molecule has 2 unspecified atom stereocenters. The van der Waals surface area contributed by atoms with Crippen molar-refractivity contribution in [3.05, 3.63) is 34.1 Å². The van der Waals surface area contributed by atoms with Crippen molar-refractivity contribution in [3.8, 4) is 0 Å². The lowest BCUT2D eigenvalue weighted by Gasteiger charge is -2.22. The maximum Gasteiger partial charge on any atom is 0.124 e. The molecule has 0 spiro atoms. The summed E-state index contributed by atoms with van der Waals surface area (Å²) < 4.78 is 18.9. The number of hydrazine groups is 1. The predicted molar refractivity (Wildman–Crippen MR) is 65.4 cm³/mol. The second-order valence-corrected chi connectivity index (χ2v) is 4.51. The van der Waals surface area contributed by atoms with Crippen LogP contribution in [-0.4, -0.2) is 19.3 Å². The molecule has 5 heteroatoms. The molecule has 0 aliphatic carbocycles. The van der Waals surface area contributed by atoms with Crippen LogP contribution in [0.25, 0.3) is 0 Å². The first-order valence-electron chi connectivity index (χ1n) is 5.01. The zero-order chi connectivity index (χ0) is 12.1. The number of benzene rings is 1. The third kappa shape index (κ3) is 3.52. The van der Waals surface area contributed by atoms with Gasteiger partial charge in [0.15, 0.2) is 0 Å². The fourth-order valence-electron chi connectivity index (χ4n) is 1.45. The highest BCUT2D eigenvalue weighted by Crippen LogP contribution is 2.20. The van der Waals surface area contributed by atoms with Gasteiger partial charge >= 0.3 is 0 Å². The molecule has 0 fully saturated rings. The first-order chi connectivity index (χ1) is 7.58. The third-order valence-corrected chi connectivity index (χ3v) is 3.35. The molecule has 1 rings (SSSR count). The quantitative estimate of drug-likeness (QED) is 0.644. The Labute approximate surface area is 103 Å². The maximum absolute atomic E-state index is 12.9. The zero-order valence-electron chi connectivity index (χ0n) is 9.34. The molecule has 2 atom stereocenters. The number of hydrogen-bond donors (Lipinski definition) is 2. The summed E-state index contributed by atoms with van der Waals surface area (Å²) in [6, 6.07) is 4.62. The van der Waals surface area contributed by atoms with Gasteiger partial charge in [0.25, 0.3) is 0 Å². The largest absolute Gasteiger partial charge is 0.380 e. The minimum absolute atomic E-state index is 0.00763. The number of halogens is 2. The van der Waals surface area contributed by atoms with Crippen molar-refractivity contribution < 1.29 is 9.13 Å². The molecular formula is C11H16BrFN2O. The van der Waals surface area contributed by atoms with Crippen molar-refractivity contribution in [2.75, 3.05) is 7.11 Å². The Morgan fingerprint density at radius 2 is 2.25 bits per heavy atom. The standard InChI is InChI=1S/C11H16BrFN2O/c1-7(16-2)11(15-14)5-8-3-4-9(13)6-10(8)12/h3-4,6-7,11,15H,5,14H2,1-2H3. The summed E-state index contributed by atoms with van der Waals surface area (Å²) in [5.41, 5.74) is 3.70. The number of nitrogens with two attached hydrogens (primary N) is 1. The summed E-state index contributed by atoms with van der Waals surface area (Å²) in [6.07, 6.45) is 0.661. The molecule has 1 aromatic carbocycles. The Morgan fingerprint density at radius 3 is 2.75 bits per heavy atom. The van der Waals surface area contributed by atoms with Gasteiger partial charge in [-0.3, -0.25) is 11.3 Å². The second-order valence-electron chi connectivity index (χ2n) is 3.65. The summed E-state index contributed by atoms with van der Waals surface area (Å²) in [5, 5.41) is 0. The molecule has 1 aromatic rings. The van der Waals surface area contributed by atoms with Gasteiger partial charge in [-0.15, -0.1) is 0 Å². The Balaban J connectivity index is 2.78. The Kier molecular flexibility index (Phi) is 5.34. The summed E-state index contributed by atoms with van der Waals surface area (Å²) >= 11 is 3.33. The molecule has 0 aliphatic rings. The van der Waals surface area contributed by atoms with Gasteiger partial charge in [0.05, 0.1) is 12.1 Å². The molecular weight excluding hydrogens is 275 g/mol. The summed E-state index contributed by atoms with van der Waals surface area (Å²) in [7, 11) is 1.63. The lowest BCUT2D eigenvalue weighted by molar-refractivity contribution is 0.0831. The van der Waals surface area contributed by atoms with E-state index in [1.807, 2.05) is 6.92 Å². The first-order valence-corrected chi connectivity index (χ1v) is 5.80. The highest BCUT2D eigenvalue weighted by atomic mass is 79.9. The van der Waals surface area contributed by atoms with E-state index >= 15 is 0 Å². The van der Waals surface area contributed by atoms with Gasteiger partial charge in [0, 0.05) is 11.6 Å². The Morgan fingerprint density at radius 1 is 1.56 bits per heavy atom. The van der Waals surface area contributed by atoms with E-state index in [9.17, 15) is 4.39 Å². The van der Waals surface area contributed by atoms with Gasteiger partial charge in [0.2, 0.25) is 0 Å². The predicted octanol–water partition coefficient (Wildman–Crippen LogP) is 2.00. The van der Waals surface area contributed by atoms with Crippen LogP contribution in [0.5, 0.6) is 0 Å². The van der Waals surface area contributed by atoms with Crippen LogP contribution in [0.2, 0.25) is 0 Å². The van der Waals surface area contributed by atoms with Crippen LogP contribution in [0.1, 0.15) is 12.5 Å². The number of methoxy groups -OCH3 is 1. The van der Waals surface area contributed by atoms with E-state index in [0.29, 0.717) is 6.42 Å². The molecule has 0 saturated carbocycles. The lowest BCUT2D eigenvalue weighted by atomic mass is 10.0. The molecule has 3 N–H and O–H groups in total. The van der Waals surface area contributed by atoms with Gasteiger partial charge in [-0.1, -0.05) is 22.0 Å². The van der Waals surface area contributed by atoms with Crippen LogP contribution in [0.4, 0.5) is 4.39 Å². The van der Waals surface area contributed by atoms with Crippen molar-refractivity contribution in [1.29, 1.82) is 0 Å². The average molecular weight is 291 g/mol. The topological polar surface area (TPSA) is 47.3 Å². The van der Waals surface area contributed by atoms with Crippen LogP contribution >= 0.6 is 15.9 Å². The van der Waals surface area contributed by atoms with Crippen LogP contribution in [0.15, 0.2) is 22.7 Å². The summed E-state index contributed by atoms with van der Waals surface area (Å²) in [5.74, 6) is 5.20. The Hall–Kier alpha value is -0.490. The third-order valence-electron chi connectivity index (χ3n) is 2.61. The lowest BCUT2D eigenvalue weighted by Crippen LogP contribution is -2.45. The molecule has 0 aromatic heterocycles. The van der Waals surface area contributed by atoms with Crippen molar-refractivity contribution in [1.82, 2.24) is 5.43 Å². The van der Waals surface area contributed by atoms with Crippen molar-refractivity contribution in [2.24, 2.45) is 5.84 Å². The molecule has 3 nitrogen and oxygen atoms in total. The van der Waals surface area contributed by atoms with Gasteiger partial charge in [0.1, 0.15) is 5.82 Å². The molecule has 0 radical (unpaired) electrons. The van der Waals surface area contributed by atoms with Gasteiger partial charge in [-0.2, -0.15) is 0 Å². The van der Waals surface area contributed by atoms with E-state index in [0.717, 1.165) is 10.0 Å². The van der Waals surface area contributed by atoms with E-state index in [4.69, 9.17) is 10.6 Å². The van der Waals surface area contributed by atoms with E-state index in [1.54, 1.807) is 13.2 Å². The number of rotatable bonds is 5. The molecule has 0 amide bonds. The van der Waals surface area contributed by atoms with Gasteiger partial charge < -0.3 is 4.74 Å². The van der Waals surface area contributed by atoms with E-state index in [-0.39, 0.29) is 18.0 Å². The SMILES string of the molecule is COC(C)C(Cc1ccc(F)cc1Br)NN. The molecule has 90 valence electrons. The van der Waals surface area contributed by atoms with Crippen molar-refractivity contribution in [3.63, 3.8) is 0 Å². The van der Waals surface area contributed by atoms with Gasteiger partial charge in [-0.05, 0) is 31.0 Å². The first kappa shape index (κ1) is 13.6. The Bertz CT molecular complexity index is 349. The molecule has 0 bridgehead atoms. The highest BCUT2D eigenvalue weighted by Gasteiger charge is 2.17. The number of hydrogen-bond acceptors (Lipinski definition) is 3.